The van der Waals surface area contributed by atoms with Crippen LogP contribution < -0.4 is 4.90 Å². The number of hydrogen-bond acceptors (Lipinski definition) is 4. The SMILES string of the molecule is CCCN1C(=O)S/C(=C/c2cc3c(cc2F)N(CC)C(C)(C)CC3C)C1=O. The van der Waals surface area contributed by atoms with Gasteiger partial charge in [0, 0.05) is 29.9 Å². The topological polar surface area (TPSA) is 40.6 Å². The van der Waals surface area contributed by atoms with Gasteiger partial charge in [0.15, 0.2) is 0 Å². The first-order valence-electron chi connectivity index (χ1n) is 9.56. The highest BCUT2D eigenvalue weighted by atomic mass is 32.2. The second-order valence-corrected chi connectivity index (χ2v) is 8.92. The molecule has 0 radical (unpaired) electrons. The predicted octanol–water partition coefficient (Wildman–Crippen LogP) is 5.38. The summed E-state index contributed by atoms with van der Waals surface area (Å²) in [6.07, 6.45) is 3.21. The van der Waals surface area contributed by atoms with Crippen molar-refractivity contribution in [2.24, 2.45) is 0 Å². The lowest BCUT2D eigenvalue weighted by molar-refractivity contribution is -0.122. The third kappa shape index (κ3) is 3.51. The summed E-state index contributed by atoms with van der Waals surface area (Å²) in [7, 11) is 0. The van der Waals surface area contributed by atoms with Crippen molar-refractivity contribution in [1.82, 2.24) is 4.90 Å². The number of fused-ring (bicyclic) bond motifs is 1. The molecule has 146 valence electrons. The Labute approximate surface area is 164 Å². The molecule has 1 saturated heterocycles. The Morgan fingerprint density at radius 1 is 1.30 bits per heavy atom. The van der Waals surface area contributed by atoms with Crippen LogP contribution >= 0.6 is 11.8 Å². The zero-order chi connectivity index (χ0) is 19.9. The molecule has 0 saturated carbocycles. The van der Waals surface area contributed by atoms with Gasteiger partial charge in [-0.1, -0.05) is 13.8 Å². The summed E-state index contributed by atoms with van der Waals surface area (Å²) in [6.45, 7) is 11.7. The lowest BCUT2D eigenvalue weighted by Gasteiger charge is -2.47. The normalized spacial score (nSPS) is 23.3. The third-order valence-electron chi connectivity index (χ3n) is 5.43. The lowest BCUT2D eigenvalue weighted by Crippen LogP contribution is -2.48. The molecule has 1 aromatic carbocycles. The maximum absolute atomic E-state index is 14.9. The van der Waals surface area contributed by atoms with Crippen molar-refractivity contribution >= 4 is 34.7 Å². The standard InChI is InChI=1S/C21H27FN2O2S/c1-6-8-23-19(25)18(27-20(23)26)10-14-9-15-13(3)12-21(4,5)24(7-2)17(15)11-16(14)22/h9-11,13H,6-8,12H2,1-5H3/b18-10+. The minimum absolute atomic E-state index is 0.0298. The molecule has 1 fully saturated rings. The van der Waals surface area contributed by atoms with E-state index in [-0.39, 0.29) is 22.5 Å². The Hall–Kier alpha value is -1.82. The first kappa shape index (κ1) is 19.9. The van der Waals surface area contributed by atoms with E-state index in [0.717, 1.165) is 36.0 Å². The van der Waals surface area contributed by atoms with Crippen LogP contribution in [0.25, 0.3) is 6.08 Å². The highest BCUT2D eigenvalue weighted by molar-refractivity contribution is 8.18. The highest BCUT2D eigenvalue weighted by Crippen LogP contribution is 2.44. The van der Waals surface area contributed by atoms with Crippen molar-refractivity contribution in [2.45, 2.75) is 58.9 Å². The van der Waals surface area contributed by atoms with Crippen molar-refractivity contribution in [3.63, 3.8) is 0 Å². The second-order valence-electron chi connectivity index (χ2n) is 7.93. The average molecular weight is 391 g/mol. The monoisotopic (exact) mass is 390 g/mol. The van der Waals surface area contributed by atoms with Gasteiger partial charge in [0.05, 0.1) is 4.91 Å². The Morgan fingerprint density at radius 3 is 2.63 bits per heavy atom. The van der Waals surface area contributed by atoms with E-state index in [1.54, 1.807) is 6.07 Å². The number of carbonyl (C=O) groups excluding carboxylic acids is 2. The van der Waals surface area contributed by atoms with Gasteiger partial charge >= 0.3 is 0 Å². The van der Waals surface area contributed by atoms with Crippen LogP contribution in [-0.4, -0.2) is 34.7 Å². The van der Waals surface area contributed by atoms with E-state index in [4.69, 9.17) is 0 Å². The van der Waals surface area contributed by atoms with E-state index < -0.39 is 0 Å². The number of hydrogen-bond donors (Lipinski definition) is 0. The van der Waals surface area contributed by atoms with E-state index in [1.165, 1.54) is 11.0 Å². The summed E-state index contributed by atoms with van der Waals surface area (Å²) in [4.78, 5) is 28.2. The van der Waals surface area contributed by atoms with E-state index in [1.807, 2.05) is 13.0 Å². The van der Waals surface area contributed by atoms with Gasteiger partial charge in [0.2, 0.25) is 0 Å². The Morgan fingerprint density at radius 2 is 2.00 bits per heavy atom. The number of halogens is 1. The summed E-state index contributed by atoms with van der Waals surface area (Å²) in [6, 6.07) is 3.43. The first-order chi connectivity index (χ1) is 12.7. The maximum Gasteiger partial charge on any atom is 0.293 e. The molecule has 4 nitrogen and oxygen atoms in total. The molecule has 6 heteroatoms. The van der Waals surface area contributed by atoms with Gasteiger partial charge in [0.25, 0.3) is 11.1 Å². The molecule has 1 aromatic rings. The molecule has 2 heterocycles. The fraction of sp³-hybridized carbons (Fsp3) is 0.524. The maximum atomic E-state index is 14.9. The Kier molecular flexibility index (Phi) is 5.39. The number of rotatable bonds is 4. The molecule has 2 aliphatic rings. The van der Waals surface area contributed by atoms with Crippen LogP contribution in [0, 0.1) is 5.82 Å². The van der Waals surface area contributed by atoms with Crippen LogP contribution in [0.2, 0.25) is 0 Å². The molecule has 3 rings (SSSR count). The van der Waals surface area contributed by atoms with Gasteiger partial charge in [-0.25, -0.2) is 4.39 Å². The van der Waals surface area contributed by atoms with Gasteiger partial charge in [-0.3, -0.25) is 14.5 Å². The molecule has 0 N–H and O–H groups in total. The molecule has 0 aromatic heterocycles. The molecular formula is C21H27FN2O2S. The molecule has 2 aliphatic heterocycles. The number of amides is 2. The van der Waals surface area contributed by atoms with Crippen LogP contribution in [0.15, 0.2) is 17.0 Å². The minimum Gasteiger partial charge on any atom is -0.366 e. The summed E-state index contributed by atoms with van der Waals surface area (Å²) >= 11 is 0.890. The van der Waals surface area contributed by atoms with E-state index in [9.17, 15) is 14.0 Å². The van der Waals surface area contributed by atoms with Gasteiger partial charge in [0.1, 0.15) is 5.82 Å². The van der Waals surface area contributed by atoms with Crippen LogP contribution in [0.4, 0.5) is 14.9 Å². The van der Waals surface area contributed by atoms with E-state index in [0.29, 0.717) is 29.4 Å². The highest BCUT2D eigenvalue weighted by Gasteiger charge is 2.37. The van der Waals surface area contributed by atoms with Crippen molar-refractivity contribution in [2.75, 3.05) is 18.0 Å². The molecule has 2 amide bonds. The fourth-order valence-corrected chi connectivity index (χ4v) is 5.14. The summed E-state index contributed by atoms with van der Waals surface area (Å²) in [5.74, 6) is -0.395. The van der Waals surface area contributed by atoms with Crippen molar-refractivity contribution in [3.8, 4) is 0 Å². The molecular weight excluding hydrogens is 363 g/mol. The van der Waals surface area contributed by atoms with Crippen molar-refractivity contribution in [3.05, 3.63) is 34.0 Å². The van der Waals surface area contributed by atoms with Crippen LogP contribution in [0.1, 0.15) is 64.5 Å². The molecule has 1 unspecified atom stereocenters. The third-order valence-corrected chi connectivity index (χ3v) is 6.34. The van der Waals surface area contributed by atoms with E-state index >= 15 is 0 Å². The van der Waals surface area contributed by atoms with E-state index in [2.05, 4.69) is 32.6 Å². The van der Waals surface area contributed by atoms with Gasteiger partial charge in [-0.15, -0.1) is 0 Å². The Balaban J connectivity index is 2.02. The van der Waals surface area contributed by atoms with Crippen LogP contribution in [0.3, 0.4) is 0 Å². The quantitative estimate of drug-likeness (QED) is 0.647. The van der Waals surface area contributed by atoms with Gasteiger partial charge in [-0.05, 0) is 75.1 Å². The average Bonchev–Trinajstić information content (AvgIpc) is 2.84. The molecule has 0 spiro atoms. The Bertz CT molecular complexity index is 819. The lowest BCUT2D eigenvalue weighted by atomic mass is 9.79. The largest absolute Gasteiger partial charge is 0.366 e. The zero-order valence-corrected chi connectivity index (χ0v) is 17.5. The second kappa shape index (κ2) is 7.30. The number of carbonyl (C=O) groups is 2. The first-order valence-corrected chi connectivity index (χ1v) is 10.4. The van der Waals surface area contributed by atoms with Crippen molar-refractivity contribution < 1.29 is 14.0 Å². The smallest absolute Gasteiger partial charge is 0.293 e. The van der Waals surface area contributed by atoms with Crippen molar-refractivity contribution in [1.29, 1.82) is 0 Å². The molecule has 0 bridgehead atoms. The number of benzene rings is 1. The number of thioether (sulfide) groups is 1. The minimum atomic E-state index is -0.362. The number of anilines is 1. The fourth-order valence-electron chi connectivity index (χ4n) is 4.29. The van der Waals surface area contributed by atoms with Gasteiger partial charge in [-0.2, -0.15) is 0 Å². The molecule has 0 aliphatic carbocycles. The van der Waals surface area contributed by atoms with Crippen LogP contribution in [0.5, 0.6) is 0 Å². The summed E-state index contributed by atoms with van der Waals surface area (Å²) < 4.78 is 14.9. The van der Waals surface area contributed by atoms with Gasteiger partial charge < -0.3 is 4.90 Å². The number of imide groups is 1. The molecule has 1 atom stereocenters. The molecule has 27 heavy (non-hydrogen) atoms. The summed E-state index contributed by atoms with van der Waals surface area (Å²) in [5, 5.41) is -0.279. The number of nitrogens with zero attached hydrogens (tertiary/aromatic N) is 2. The summed E-state index contributed by atoms with van der Waals surface area (Å²) in [5.41, 5.74) is 2.36. The zero-order valence-electron chi connectivity index (χ0n) is 16.6. The predicted molar refractivity (Wildman–Crippen MR) is 109 cm³/mol. The van der Waals surface area contributed by atoms with Crippen LogP contribution in [-0.2, 0) is 4.79 Å².